The van der Waals surface area contributed by atoms with E-state index in [0.717, 1.165) is 22.7 Å². The maximum atomic E-state index is 13.3. The number of amides is 1. The molecule has 2 aromatic rings. The third kappa shape index (κ3) is 5.44. The Morgan fingerprint density at radius 2 is 1.47 bits per heavy atom. The number of piperidine rings is 1. The predicted octanol–water partition coefficient (Wildman–Crippen LogP) is 3.13. The lowest BCUT2D eigenvalue weighted by Gasteiger charge is -2.37. The van der Waals surface area contributed by atoms with E-state index in [9.17, 15) is 34.8 Å². The fourth-order valence-corrected chi connectivity index (χ4v) is 6.57. The van der Waals surface area contributed by atoms with Crippen LogP contribution in [-0.2, 0) is 24.9 Å². The molecule has 0 radical (unpaired) electrons. The first-order chi connectivity index (χ1) is 16.7. The first-order valence-corrected chi connectivity index (χ1v) is 14.1. The number of hydrogen-bond donors (Lipinski definition) is 0. The summed E-state index contributed by atoms with van der Waals surface area (Å²) in [6.07, 6.45) is -3.23. The molecule has 9 nitrogen and oxygen atoms in total. The van der Waals surface area contributed by atoms with Gasteiger partial charge in [0.25, 0.3) is 0 Å². The van der Waals surface area contributed by atoms with Crippen LogP contribution >= 0.6 is 0 Å². The third-order valence-corrected chi connectivity index (χ3v) is 8.71. The average Bonchev–Trinajstić information content (AvgIpc) is 3.08. The minimum Gasteiger partial charge on any atom is -0.404 e. The Labute approximate surface area is 206 Å². The minimum absolute atomic E-state index is 0.0383. The van der Waals surface area contributed by atoms with Crippen LogP contribution in [0.3, 0.4) is 0 Å². The largest absolute Gasteiger partial charge is 0.573 e. The summed E-state index contributed by atoms with van der Waals surface area (Å²) in [4.78, 5) is 14.3. The molecule has 0 saturated carbocycles. The zero-order valence-corrected chi connectivity index (χ0v) is 20.7. The fourth-order valence-electron chi connectivity index (χ4n) is 4.55. The van der Waals surface area contributed by atoms with Gasteiger partial charge in [0.05, 0.1) is 11.7 Å². The van der Waals surface area contributed by atoms with Crippen molar-refractivity contribution in [1.29, 1.82) is 0 Å². The van der Waals surface area contributed by atoms with Crippen LogP contribution in [0.15, 0.2) is 53.4 Å². The van der Waals surface area contributed by atoms with Gasteiger partial charge in [0.1, 0.15) is 16.4 Å². The Balaban J connectivity index is 1.47. The summed E-state index contributed by atoms with van der Waals surface area (Å²) in [5, 5.41) is 0. The van der Waals surface area contributed by atoms with Gasteiger partial charge in [-0.3, -0.25) is 4.79 Å². The summed E-state index contributed by atoms with van der Waals surface area (Å²) in [5.41, 5.74) is -0.248. The highest BCUT2D eigenvalue weighted by Crippen LogP contribution is 2.44. The number of sulfonamides is 1. The molecule has 4 rings (SSSR count). The Hall–Kier alpha value is -2.84. The zero-order valence-electron chi connectivity index (χ0n) is 19.1. The zero-order chi connectivity index (χ0) is 26.4. The molecular formula is C22H23F3N2O7S2. The highest BCUT2D eigenvalue weighted by atomic mass is 32.2. The molecule has 36 heavy (non-hydrogen) atoms. The molecule has 2 aliphatic rings. The maximum Gasteiger partial charge on any atom is 0.573 e. The third-order valence-electron chi connectivity index (χ3n) is 6.28. The number of alkyl halides is 3. The van der Waals surface area contributed by atoms with Crippen LogP contribution < -0.4 is 13.8 Å². The van der Waals surface area contributed by atoms with Gasteiger partial charge >= 0.3 is 16.5 Å². The molecule has 0 unspecified atom stereocenters. The number of ether oxygens (including phenoxy) is 1. The van der Waals surface area contributed by atoms with Crippen molar-refractivity contribution < 1.29 is 43.7 Å². The Kier molecular flexibility index (Phi) is 6.73. The molecule has 0 bridgehead atoms. The molecule has 2 fully saturated rings. The highest BCUT2D eigenvalue weighted by molar-refractivity contribution is 7.89. The average molecular weight is 549 g/mol. The first kappa shape index (κ1) is 26.2. The van der Waals surface area contributed by atoms with Crippen molar-refractivity contribution in [2.45, 2.75) is 30.5 Å². The standard InChI is InChI=1S/C22H23F3N2O7S2/c1-35(29,30)34-17-8-6-16(7-9-17)27-15-12-21(20(27)28)10-13-26(14-11-21)36(31,32)19-5-3-2-4-18(19)33-22(23,24)25/h2-9H,10-15H2,1H3. The summed E-state index contributed by atoms with van der Waals surface area (Å²) in [7, 11) is -7.98. The van der Waals surface area contributed by atoms with E-state index in [1.807, 2.05) is 0 Å². The molecule has 0 atom stereocenters. The van der Waals surface area contributed by atoms with Crippen molar-refractivity contribution in [2.75, 3.05) is 30.8 Å². The Morgan fingerprint density at radius 3 is 2.06 bits per heavy atom. The van der Waals surface area contributed by atoms with Crippen molar-refractivity contribution in [2.24, 2.45) is 5.41 Å². The minimum atomic E-state index is -5.05. The normalized spacial score (nSPS) is 19.0. The molecule has 0 aliphatic carbocycles. The van der Waals surface area contributed by atoms with Gasteiger partial charge in [-0.25, -0.2) is 8.42 Å². The molecule has 1 amide bonds. The first-order valence-electron chi connectivity index (χ1n) is 10.9. The quantitative estimate of drug-likeness (QED) is 0.510. The monoisotopic (exact) mass is 548 g/mol. The summed E-state index contributed by atoms with van der Waals surface area (Å²) < 4.78 is 96.9. The van der Waals surface area contributed by atoms with Crippen LogP contribution in [0.25, 0.3) is 0 Å². The van der Waals surface area contributed by atoms with E-state index >= 15 is 0 Å². The van der Waals surface area contributed by atoms with Crippen molar-refractivity contribution in [1.82, 2.24) is 4.31 Å². The van der Waals surface area contributed by atoms with Gasteiger partial charge in [-0.15, -0.1) is 13.2 Å². The summed E-state index contributed by atoms with van der Waals surface area (Å²) in [6, 6.07) is 10.6. The van der Waals surface area contributed by atoms with E-state index in [2.05, 4.69) is 4.74 Å². The van der Waals surface area contributed by atoms with Gasteiger partial charge in [0.2, 0.25) is 15.9 Å². The SMILES string of the molecule is CS(=O)(=O)Oc1ccc(N2CCC3(CCN(S(=O)(=O)c4ccccc4OC(F)(F)F)CC3)C2=O)cc1. The number of carbonyl (C=O) groups is 1. The van der Waals surface area contributed by atoms with Crippen LogP contribution in [0.4, 0.5) is 18.9 Å². The maximum absolute atomic E-state index is 13.3. The topological polar surface area (TPSA) is 110 Å². The molecule has 0 N–H and O–H groups in total. The second-order valence-corrected chi connectivity index (χ2v) is 12.1. The molecule has 1 spiro atoms. The van der Waals surface area contributed by atoms with Gasteiger partial charge in [0.15, 0.2) is 0 Å². The number of para-hydroxylation sites is 1. The number of hydrogen-bond acceptors (Lipinski definition) is 7. The van der Waals surface area contributed by atoms with Gasteiger partial charge < -0.3 is 13.8 Å². The van der Waals surface area contributed by atoms with E-state index in [1.54, 1.807) is 17.0 Å². The Bertz CT molecular complexity index is 1350. The summed E-state index contributed by atoms with van der Waals surface area (Å²) in [5.74, 6) is -0.884. The molecule has 2 saturated heterocycles. The Morgan fingerprint density at radius 1 is 0.889 bits per heavy atom. The van der Waals surface area contributed by atoms with Crippen LogP contribution in [0.1, 0.15) is 19.3 Å². The van der Waals surface area contributed by atoms with Crippen molar-refractivity contribution in [3.05, 3.63) is 48.5 Å². The second kappa shape index (κ2) is 9.23. The fraction of sp³-hybridized carbons (Fsp3) is 0.409. The lowest BCUT2D eigenvalue weighted by Crippen LogP contribution is -2.46. The van der Waals surface area contributed by atoms with Crippen LogP contribution in [0.2, 0.25) is 0 Å². The van der Waals surface area contributed by atoms with E-state index in [4.69, 9.17) is 4.18 Å². The van der Waals surface area contributed by atoms with Gasteiger partial charge in [-0.2, -0.15) is 12.7 Å². The lowest BCUT2D eigenvalue weighted by molar-refractivity contribution is -0.275. The van der Waals surface area contributed by atoms with Crippen molar-refractivity contribution >= 4 is 31.7 Å². The molecule has 2 aliphatic heterocycles. The molecule has 196 valence electrons. The number of rotatable bonds is 6. The van der Waals surface area contributed by atoms with E-state index in [1.165, 1.54) is 24.3 Å². The number of nitrogens with zero attached hydrogens (tertiary/aromatic N) is 2. The molecule has 2 aromatic carbocycles. The number of carbonyl (C=O) groups excluding carboxylic acids is 1. The van der Waals surface area contributed by atoms with E-state index in [0.29, 0.717) is 18.7 Å². The summed E-state index contributed by atoms with van der Waals surface area (Å²) >= 11 is 0. The smallest absolute Gasteiger partial charge is 0.404 e. The van der Waals surface area contributed by atoms with Crippen LogP contribution in [-0.4, -0.2) is 59.3 Å². The number of benzene rings is 2. The molecular weight excluding hydrogens is 525 g/mol. The second-order valence-electron chi connectivity index (χ2n) is 8.67. The van der Waals surface area contributed by atoms with Gasteiger partial charge in [-0.1, -0.05) is 12.1 Å². The summed E-state index contributed by atoms with van der Waals surface area (Å²) in [6.45, 7) is 0.312. The predicted molar refractivity (Wildman–Crippen MR) is 122 cm³/mol. The molecule has 14 heteroatoms. The van der Waals surface area contributed by atoms with Crippen LogP contribution in [0, 0.1) is 5.41 Å². The van der Waals surface area contributed by atoms with E-state index < -0.39 is 42.6 Å². The number of anilines is 1. The molecule has 0 aromatic heterocycles. The van der Waals surface area contributed by atoms with Gasteiger partial charge in [-0.05, 0) is 55.7 Å². The molecule has 2 heterocycles. The van der Waals surface area contributed by atoms with Crippen molar-refractivity contribution in [3.8, 4) is 11.5 Å². The van der Waals surface area contributed by atoms with Crippen LogP contribution in [0.5, 0.6) is 11.5 Å². The van der Waals surface area contributed by atoms with Gasteiger partial charge in [0, 0.05) is 25.3 Å². The number of halogens is 3. The van der Waals surface area contributed by atoms with E-state index in [-0.39, 0.29) is 37.6 Å². The lowest BCUT2D eigenvalue weighted by atomic mass is 9.77. The highest BCUT2D eigenvalue weighted by Gasteiger charge is 2.50. The van der Waals surface area contributed by atoms with Crippen molar-refractivity contribution in [3.63, 3.8) is 0 Å².